The Morgan fingerprint density at radius 3 is 2.41 bits per heavy atom. The quantitative estimate of drug-likeness (QED) is 0.138. The topological polar surface area (TPSA) is 75.6 Å². The molecular weight excluding hydrogens is 551 g/mol. The van der Waals surface area contributed by atoms with Crippen molar-refractivity contribution in [2.75, 3.05) is 5.32 Å². The molecule has 1 heterocycles. The van der Waals surface area contributed by atoms with Crippen LogP contribution in [-0.4, -0.2) is 17.1 Å². The van der Waals surface area contributed by atoms with Crippen LogP contribution >= 0.6 is 34.5 Å². The molecule has 0 atom stereocenters. The summed E-state index contributed by atoms with van der Waals surface area (Å²) in [6.07, 6.45) is 1.58. The molecule has 0 fully saturated rings. The number of hydrogen-bond acceptors (Lipinski definition) is 6. The van der Waals surface area contributed by atoms with Gasteiger partial charge in [-0.15, -0.1) is 11.3 Å². The maximum atomic E-state index is 12.5. The van der Waals surface area contributed by atoms with Crippen molar-refractivity contribution in [2.24, 2.45) is 5.10 Å². The number of anilines is 2. The minimum Gasteiger partial charge on any atom is -0.489 e. The summed E-state index contributed by atoms with van der Waals surface area (Å²) in [5.74, 6) is 0.407. The molecule has 0 unspecified atom stereocenters. The van der Waals surface area contributed by atoms with Crippen molar-refractivity contribution >= 4 is 57.5 Å². The number of carbonyl (C=O) groups excluding carboxylic acids is 1. The number of hydrogen-bond donors (Lipinski definition) is 2. The maximum absolute atomic E-state index is 12.5. The summed E-state index contributed by atoms with van der Waals surface area (Å²) in [6.45, 7) is 0.381. The van der Waals surface area contributed by atoms with Crippen molar-refractivity contribution in [2.45, 2.75) is 6.61 Å². The Bertz CT molecular complexity index is 1590. The summed E-state index contributed by atoms with van der Waals surface area (Å²) in [5.41, 5.74) is 7.43. The normalized spacial score (nSPS) is 10.9. The molecule has 0 aliphatic carbocycles. The van der Waals surface area contributed by atoms with Gasteiger partial charge in [0, 0.05) is 37.8 Å². The first-order chi connectivity index (χ1) is 19.0. The number of rotatable bonds is 9. The molecule has 4 aromatic carbocycles. The predicted molar refractivity (Wildman–Crippen MR) is 160 cm³/mol. The number of nitrogens with one attached hydrogen (secondary N) is 2. The van der Waals surface area contributed by atoms with E-state index in [1.54, 1.807) is 18.3 Å². The number of hydrazone groups is 1. The second kappa shape index (κ2) is 12.6. The van der Waals surface area contributed by atoms with E-state index in [9.17, 15) is 4.79 Å². The highest BCUT2D eigenvalue weighted by Crippen LogP contribution is 2.28. The fourth-order valence-electron chi connectivity index (χ4n) is 3.57. The van der Waals surface area contributed by atoms with E-state index in [0.717, 1.165) is 33.2 Å². The van der Waals surface area contributed by atoms with Gasteiger partial charge in [-0.05, 0) is 72.3 Å². The molecule has 0 aliphatic rings. The molecule has 0 radical (unpaired) electrons. The fraction of sp³-hybridized carbons (Fsp3) is 0.0333. The molecule has 1 amide bonds. The molecule has 0 bridgehead atoms. The second-order valence-corrected chi connectivity index (χ2v) is 10.1. The number of benzene rings is 4. The average Bonchev–Trinajstić information content (AvgIpc) is 3.43. The molecule has 1 aromatic heterocycles. The number of halogens is 2. The largest absolute Gasteiger partial charge is 0.489 e. The lowest BCUT2D eigenvalue weighted by Crippen LogP contribution is -2.17. The summed E-state index contributed by atoms with van der Waals surface area (Å²) in [7, 11) is 0. The minimum atomic E-state index is -0.305. The molecule has 6 nitrogen and oxygen atoms in total. The molecule has 0 saturated carbocycles. The van der Waals surface area contributed by atoms with Crippen molar-refractivity contribution in [1.82, 2.24) is 10.4 Å². The minimum absolute atomic E-state index is 0.305. The summed E-state index contributed by atoms with van der Waals surface area (Å²) < 4.78 is 5.79. The van der Waals surface area contributed by atoms with E-state index < -0.39 is 0 Å². The first kappa shape index (κ1) is 26.4. The van der Waals surface area contributed by atoms with Gasteiger partial charge >= 0.3 is 0 Å². The molecule has 0 aliphatic heterocycles. The molecule has 0 saturated heterocycles. The Balaban J connectivity index is 1.12. The van der Waals surface area contributed by atoms with Gasteiger partial charge in [-0.25, -0.2) is 10.4 Å². The summed E-state index contributed by atoms with van der Waals surface area (Å²) in [4.78, 5) is 17.2. The van der Waals surface area contributed by atoms with Gasteiger partial charge in [0.2, 0.25) is 0 Å². The molecule has 2 N–H and O–H groups in total. The van der Waals surface area contributed by atoms with Gasteiger partial charge in [-0.2, -0.15) is 5.10 Å². The monoisotopic (exact) mass is 572 g/mol. The van der Waals surface area contributed by atoms with Gasteiger partial charge in [-0.3, -0.25) is 4.79 Å². The Labute approximate surface area is 239 Å². The third-order valence-corrected chi connectivity index (χ3v) is 7.03. The van der Waals surface area contributed by atoms with E-state index in [1.165, 1.54) is 11.3 Å². The summed E-state index contributed by atoms with van der Waals surface area (Å²) in [6, 6.07) is 29.6. The molecular formula is C30H22Cl2N4O2S. The first-order valence-electron chi connectivity index (χ1n) is 11.9. The summed E-state index contributed by atoms with van der Waals surface area (Å²) >= 11 is 13.6. The van der Waals surface area contributed by atoms with Crippen LogP contribution in [0.15, 0.2) is 108 Å². The Hall–Kier alpha value is -4.17. The number of ether oxygens (including phenoxy) is 1. The first-order valence-corrected chi connectivity index (χ1v) is 13.6. The predicted octanol–water partition coefficient (Wildman–Crippen LogP) is 8.20. The van der Waals surface area contributed by atoms with Crippen LogP contribution in [-0.2, 0) is 6.61 Å². The lowest BCUT2D eigenvalue weighted by molar-refractivity contribution is 0.0955. The van der Waals surface area contributed by atoms with Crippen LogP contribution in [0.3, 0.4) is 0 Å². The zero-order valence-corrected chi connectivity index (χ0v) is 22.8. The van der Waals surface area contributed by atoms with Crippen LogP contribution in [0.1, 0.15) is 21.5 Å². The molecule has 9 heteroatoms. The van der Waals surface area contributed by atoms with E-state index in [2.05, 4.69) is 20.8 Å². The fourth-order valence-corrected chi connectivity index (χ4v) is 4.63. The third-order valence-electron chi connectivity index (χ3n) is 5.65. The highest BCUT2D eigenvalue weighted by molar-refractivity contribution is 7.14. The number of carbonyl (C=O) groups is 1. The van der Waals surface area contributed by atoms with Crippen molar-refractivity contribution in [3.63, 3.8) is 0 Å². The number of amides is 1. The number of aromatic nitrogens is 1. The van der Waals surface area contributed by atoms with Crippen molar-refractivity contribution in [3.05, 3.63) is 129 Å². The van der Waals surface area contributed by atoms with Crippen LogP contribution in [0.2, 0.25) is 10.0 Å². The van der Waals surface area contributed by atoms with Gasteiger partial charge in [0.15, 0.2) is 5.13 Å². The second-order valence-electron chi connectivity index (χ2n) is 8.40. The van der Waals surface area contributed by atoms with E-state index in [0.29, 0.717) is 28.0 Å². The molecule has 194 valence electrons. The van der Waals surface area contributed by atoms with Crippen molar-refractivity contribution < 1.29 is 9.53 Å². The van der Waals surface area contributed by atoms with Gasteiger partial charge in [0.05, 0.1) is 11.9 Å². The van der Waals surface area contributed by atoms with Crippen LogP contribution in [0.4, 0.5) is 10.8 Å². The van der Waals surface area contributed by atoms with E-state index in [1.807, 2.05) is 90.3 Å². The van der Waals surface area contributed by atoms with Gasteiger partial charge < -0.3 is 10.1 Å². The number of nitrogens with zero attached hydrogens (tertiary/aromatic N) is 2. The van der Waals surface area contributed by atoms with Crippen LogP contribution < -0.4 is 15.5 Å². The van der Waals surface area contributed by atoms with Gasteiger partial charge in [0.25, 0.3) is 5.91 Å². The Morgan fingerprint density at radius 1 is 0.923 bits per heavy atom. The maximum Gasteiger partial charge on any atom is 0.271 e. The molecule has 5 rings (SSSR count). The third kappa shape index (κ3) is 7.23. The van der Waals surface area contributed by atoms with Gasteiger partial charge in [0.1, 0.15) is 12.4 Å². The van der Waals surface area contributed by atoms with Crippen molar-refractivity contribution in [1.29, 1.82) is 0 Å². The lowest BCUT2D eigenvalue weighted by Gasteiger charge is -2.07. The SMILES string of the molecule is O=C(N/N=C\c1ccc(OCc2ccccc2Cl)cc1)c1ccc(-c2csc(Nc3ccc(Cl)cc3)n2)cc1. The summed E-state index contributed by atoms with van der Waals surface area (Å²) in [5, 5.41) is 11.4. The van der Waals surface area contributed by atoms with Crippen LogP contribution in [0.5, 0.6) is 5.75 Å². The molecule has 39 heavy (non-hydrogen) atoms. The van der Waals surface area contributed by atoms with Crippen LogP contribution in [0.25, 0.3) is 11.3 Å². The number of thiazole rings is 1. The highest BCUT2D eigenvalue weighted by Gasteiger charge is 2.08. The smallest absolute Gasteiger partial charge is 0.271 e. The van der Waals surface area contributed by atoms with E-state index in [4.69, 9.17) is 27.9 Å². The van der Waals surface area contributed by atoms with Crippen LogP contribution in [0, 0.1) is 0 Å². The van der Waals surface area contributed by atoms with Crippen molar-refractivity contribution in [3.8, 4) is 17.0 Å². The lowest BCUT2D eigenvalue weighted by atomic mass is 10.1. The zero-order chi connectivity index (χ0) is 27.0. The Kier molecular flexibility index (Phi) is 8.53. The zero-order valence-electron chi connectivity index (χ0n) is 20.5. The highest BCUT2D eigenvalue weighted by atomic mass is 35.5. The Morgan fingerprint density at radius 2 is 1.67 bits per heavy atom. The molecule has 0 spiro atoms. The van der Waals surface area contributed by atoms with Gasteiger partial charge in [-0.1, -0.05) is 53.5 Å². The van der Waals surface area contributed by atoms with E-state index in [-0.39, 0.29) is 5.91 Å². The van der Waals surface area contributed by atoms with E-state index >= 15 is 0 Å². The standard InChI is InChI=1S/C30H22Cl2N4O2S/c31-24-11-13-25(14-12-24)34-30-35-28(19-39-30)21-7-9-22(10-8-21)29(37)36-33-17-20-5-15-26(16-6-20)38-18-23-3-1-2-4-27(23)32/h1-17,19H,18H2,(H,34,35)(H,36,37)/b33-17-. The molecule has 5 aromatic rings. The average molecular weight is 574 g/mol.